The Bertz CT molecular complexity index is 703. The number of amides is 1. The Morgan fingerprint density at radius 3 is 2.62 bits per heavy atom. The number of nitrogens with one attached hydrogen (secondary N) is 1. The maximum Gasteiger partial charge on any atom is 0.338 e. The molecular formula is C15H11BrFNO3. The lowest BCUT2D eigenvalue weighted by atomic mass is 10.1. The highest BCUT2D eigenvalue weighted by molar-refractivity contribution is 9.10. The van der Waals surface area contributed by atoms with E-state index >= 15 is 0 Å². The van der Waals surface area contributed by atoms with Gasteiger partial charge in [0, 0.05) is 10.2 Å². The van der Waals surface area contributed by atoms with Gasteiger partial charge in [-0.2, -0.15) is 0 Å². The summed E-state index contributed by atoms with van der Waals surface area (Å²) in [7, 11) is 0. The maximum absolute atomic E-state index is 13.3. The second kappa shape index (κ2) is 6.49. The average Bonchev–Trinajstić information content (AvgIpc) is 2.40. The third kappa shape index (κ3) is 4.13. The van der Waals surface area contributed by atoms with Crippen molar-refractivity contribution in [2.75, 3.05) is 5.32 Å². The minimum absolute atomic E-state index is 0.138. The van der Waals surface area contributed by atoms with Crippen LogP contribution in [0.5, 0.6) is 0 Å². The second-order valence-corrected chi connectivity index (χ2v) is 5.27. The summed E-state index contributed by atoms with van der Waals surface area (Å²) < 4.78 is 14.1. The number of carboxylic acids is 1. The molecule has 0 aliphatic rings. The molecule has 1 amide bonds. The summed E-state index contributed by atoms with van der Waals surface area (Å²) in [5.41, 5.74) is 0.575. The largest absolute Gasteiger partial charge is 0.478 e. The van der Waals surface area contributed by atoms with Gasteiger partial charge in [-0.3, -0.25) is 4.79 Å². The van der Waals surface area contributed by atoms with Crippen molar-refractivity contribution in [3.8, 4) is 0 Å². The van der Waals surface area contributed by atoms with Gasteiger partial charge >= 0.3 is 5.97 Å². The molecule has 0 fully saturated rings. The van der Waals surface area contributed by atoms with Gasteiger partial charge in [-0.25, -0.2) is 9.18 Å². The molecule has 2 N–H and O–H groups in total. The first-order valence-electron chi connectivity index (χ1n) is 6.03. The first kappa shape index (κ1) is 15.2. The number of anilines is 1. The Morgan fingerprint density at radius 2 is 1.95 bits per heavy atom. The number of carbonyl (C=O) groups excluding carboxylic acids is 1. The van der Waals surface area contributed by atoms with E-state index in [-0.39, 0.29) is 18.0 Å². The zero-order valence-electron chi connectivity index (χ0n) is 10.8. The zero-order chi connectivity index (χ0) is 15.4. The molecule has 4 nitrogen and oxygen atoms in total. The topological polar surface area (TPSA) is 66.4 Å². The molecule has 0 saturated heterocycles. The smallest absolute Gasteiger partial charge is 0.338 e. The van der Waals surface area contributed by atoms with Gasteiger partial charge in [0.2, 0.25) is 5.91 Å². The molecule has 108 valence electrons. The molecule has 2 rings (SSSR count). The van der Waals surface area contributed by atoms with Crippen LogP contribution in [-0.4, -0.2) is 17.0 Å². The maximum atomic E-state index is 13.3. The summed E-state index contributed by atoms with van der Waals surface area (Å²) >= 11 is 3.31. The van der Waals surface area contributed by atoms with Crippen LogP contribution in [0.2, 0.25) is 0 Å². The van der Waals surface area contributed by atoms with E-state index in [9.17, 15) is 14.0 Å². The van der Waals surface area contributed by atoms with E-state index < -0.39 is 17.3 Å². The van der Waals surface area contributed by atoms with Gasteiger partial charge in [-0.15, -0.1) is 0 Å². The predicted molar refractivity (Wildman–Crippen MR) is 79.8 cm³/mol. The highest BCUT2D eigenvalue weighted by Gasteiger charge is 2.12. The lowest BCUT2D eigenvalue weighted by Crippen LogP contribution is -2.15. The second-order valence-electron chi connectivity index (χ2n) is 4.35. The molecule has 0 aliphatic carbocycles. The lowest BCUT2D eigenvalue weighted by Gasteiger charge is -2.07. The standard InChI is InChI=1S/C15H11BrFNO3/c16-10-3-1-2-9(6-10)7-14(19)18-11-4-5-13(17)12(8-11)15(20)21/h1-6,8H,7H2,(H,18,19)(H,20,21). The highest BCUT2D eigenvalue weighted by atomic mass is 79.9. The summed E-state index contributed by atoms with van der Waals surface area (Å²) in [5.74, 6) is -2.53. The van der Waals surface area contributed by atoms with E-state index in [0.717, 1.165) is 22.2 Å². The summed E-state index contributed by atoms with van der Waals surface area (Å²) in [6.45, 7) is 0. The number of aromatic carboxylic acids is 1. The number of benzene rings is 2. The van der Waals surface area contributed by atoms with Gasteiger partial charge in [0.25, 0.3) is 0 Å². The lowest BCUT2D eigenvalue weighted by molar-refractivity contribution is -0.115. The van der Waals surface area contributed by atoms with Crippen molar-refractivity contribution in [3.63, 3.8) is 0 Å². The number of halogens is 2. The number of hydrogen-bond donors (Lipinski definition) is 2. The fraction of sp³-hybridized carbons (Fsp3) is 0.0667. The summed E-state index contributed by atoms with van der Waals surface area (Å²) in [6.07, 6.45) is 0.138. The molecule has 0 unspecified atom stereocenters. The Morgan fingerprint density at radius 1 is 1.19 bits per heavy atom. The Labute approximate surface area is 128 Å². The highest BCUT2D eigenvalue weighted by Crippen LogP contribution is 2.16. The minimum atomic E-state index is -1.38. The molecule has 0 aliphatic heterocycles. The van der Waals surface area contributed by atoms with Crippen molar-refractivity contribution in [3.05, 3.63) is 63.9 Å². The van der Waals surface area contributed by atoms with Gasteiger partial charge in [-0.05, 0) is 35.9 Å². The Balaban J connectivity index is 2.09. The third-order valence-electron chi connectivity index (χ3n) is 2.73. The van der Waals surface area contributed by atoms with Crippen molar-refractivity contribution in [1.29, 1.82) is 0 Å². The molecule has 0 bridgehead atoms. The van der Waals surface area contributed by atoms with E-state index in [0.29, 0.717) is 0 Å². The van der Waals surface area contributed by atoms with E-state index in [2.05, 4.69) is 21.2 Å². The number of carbonyl (C=O) groups is 2. The Kier molecular flexibility index (Phi) is 4.70. The first-order chi connectivity index (χ1) is 9.95. The van der Waals surface area contributed by atoms with Crippen LogP contribution in [-0.2, 0) is 11.2 Å². The molecule has 0 saturated carbocycles. The summed E-state index contributed by atoms with van der Waals surface area (Å²) in [5, 5.41) is 11.4. The molecule has 2 aromatic carbocycles. The molecule has 0 radical (unpaired) electrons. The van der Waals surface area contributed by atoms with Gasteiger partial charge in [0.1, 0.15) is 5.82 Å². The zero-order valence-corrected chi connectivity index (χ0v) is 12.4. The molecule has 6 heteroatoms. The van der Waals surface area contributed by atoms with E-state index in [1.54, 1.807) is 6.07 Å². The molecular weight excluding hydrogens is 341 g/mol. The predicted octanol–water partition coefficient (Wildman–Crippen LogP) is 3.47. The van der Waals surface area contributed by atoms with E-state index in [1.807, 2.05) is 18.2 Å². The van der Waals surface area contributed by atoms with E-state index in [4.69, 9.17) is 5.11 Å². The van der Waals surface area contributed by atoms with Crippen LogP contribution in [0.15, 0.2) is 46.9 Å². The van der Waals surface area contributed by atoms with Crippen LogP contribution in [0.1, 0.15) is 15.9 Å². The van der Waals surface area contributed by atoms with Crippen LogP contribution >= 0.6 is 15.9 Å². The summed E-state index contributed by atoms with van der Waals surface area (Å²) in [4.78, 5) is 22.7. The molecule has 0 heterocycles. The average molecular weight is 352 g/mol. The summed E-state index contributed by atoms with van der Waals surface area (Å²) in [6, 6.07) is 10.7. The van der Waals surface area contributed by atoms with Crippen LogP contribution in [0.25, 0.3) is 0 Å². The third-order valence-corrected chi connectivity index (χ3v) is 3.23. The quantitative estimate of drug-likeness (QED) is 0.886. The fourth-order valence-corrected chi connectivity index (χ4v) is 2.25. The molecule has 0 aromatic heterocycles. The molecule has 0 atom stereocenters. The SMILES string of the molecule is O=C(Cc1cccc(Br)c1)Nc1ccc(F)c(C(=O)O)c1. The van der Waals surface area contributed by atoms with Crippen molar-refractivity contribution < 1.29 is 19.1 Å². The van der Waals surface area contributed by atoms with Crippen LogP contribution in [0, 0.1) is 5.82 Å². The van der Waals surface area contributed by atoms with Crippen molar-refractivity contribution >= 4 is 33.5 Å². The normalized spacial score (nSPS) is 10.2. The van der Waals surface area contributed by atoms with Gasteiger partial charge in [0.05, 0.1) is 12.0 Å². The fourth-order valence-electron chi connectivity index (χ4n) is 1.80. The first-order valence-corrected chi connectivity index (χ1v) is 6.82. The van der Waals surface area contributed by atoms with Crippen molar-refractivity contribution in [1.82, 2.24) is 0 Å². The monoisotopic (exact) mass is 351 g/mol. The number of rotatable bonds is 4. The van der Waals surface area contributed by atoms with Crippen LogP contribution in [0.4, 0.5) is 10.1 Å². The number of hydrogen-bond acceptors (Lipinski definition) is 2. The van der Waals surface area contributed by atoms with Crippen LogP contribution in [0.3, 0.4) is 0 Å². The van der Waals surface area contributed by atoms with E-state index in [1.165, 1.54) is 6.07 Å². The van der Waals surface area contributed by atoms with Gasteiger partial charge in [-0.1, -0.05) is 28.1 Å². The molecule has 0 spiro atoms. The minimum Gasteiger partial charge on any atom is -0.478 e. The molecule has 21 heavy (non-hydrogen) atoms. The van der Waals surface area contributed by atoms with Crippen molar-refractivity contribution in [2.45, 2.75) is 6.42 Å². The van der Waals surface area contributed by atoms with Crippen LogP contribution < -0.4 is 5.32 Å². The van der Waals surface area contributed by atoms with Gasteiger partial charge in [0.15, 0.2) is 0 Å². The molecule has 2 aromatic rings. The number of carboxylic acid groups (broad SMARTS) is 1. The Hall–Kier alpha value is -2.21. The van der Waals surface area contributed by atoms with Crippen molar-refractivity contribution in [2.24, 2.45) is 0 Å². The van der Waals surface area contributed by atoms with Gasteiger partial charge < -0.3 is 10.4 Å².